The van der Waals surface area contributed by atoms with Gasteiger partial charge in [-0.1, -0.05) is 34.6 Å². The molecule has 0 amide bonds. The summed E-state index contributed by atoms with van der Waals surface area (Å²) < 4.78 is 11.3. The van der Waals surface area contributed by atoms with Gasteiger partial charge in [-0.05, 0) is 44.5 Å². The van der Waals surface area contributed by atoms with Crippen LogP contribution in [-0.2, 0) is 9.47 Å². The smallest absolute Gasteiger partial charge is 0.429 e. The third kappa shape index (κ3) is 4.92. The molecule has 0 heterocycles. The molecular formula is C14H17BrO3. The highest BCUT2D eigenvalue weighted by Gasteiger charge is 2.20. The van der Waals surface area contributed by atoms with Gasteiger partial charge in [-0.2, -0.15) is 0 Å². The summed E-state index contributed by atoms with van der Waals surface area (Å²) in [5.74, 6) is 0. The Bertz CT molecular complexity index is 418. The predicted molar refractivity (Wildman–Crippen MR) is 74.4 cm³/mol. The number of hydrogen-bond acceptors (Lipinski definition) is 3. The third-order valence-corrected chi connectivity index (χ3v) is 2.55. The van der Waals surface area contributed by atoms with E-state index in [0.29, 0.717) is 0 Å². The minimum Gasteiger partial charge on any atom is -0.429 e. The fraction of sp³-hybridized carbons (Fsp3) is 0.357. The maximum Gasteiger partial charge on any atom is 0.509 e. The molecule has 1 rings (SSSR count). The van der Waals surface area contributed by atoms with Crippen molar-refractivity contribution in [2.24, 2.45) is 0 Å². The third-order valence-electron chi connectivity index (χ3n) is 2.03. The van der Waals surface area contributed by atoms with Crippen LogP contribution in [0.4, 0.5) is 4.79 Å². The molecule has 0 aliphatic carbocycles. The average molecular weight is 313 g/mol. The summed E-state index contributed by atoms with van der Waals surface area (Å²) in [7, 11) is 0. The Labute approximate surface area is 116 Å². The Morgan fingerprint density at radius 1 is 1.33 bits per heavy atom. The van der Waals surface area contributed by atoms with Crippen molar-refractivity contribution in [3.05, 3.63) is 47.0 Å². The molecule has 4 heteroatoms. The topological polar surface area (TPSA) is 35.5 Å². The maximum absolute atomic E-state index is 11.6. The molecule has 0 fully saturated rings. The summed E-state index contributed by atoms with van der Waals surface area (Å²) >= 11 is 3.35. The van der Waals surface area contributed by atoms with Gasteiger partial charge in [0.15, 0.2) is 0 Å². The second-order valence-electron chi connectivity index (χ2n) is 4.79. The van der Waals surface area contributed by atoms with Crippen molar-refractivity contribution in [2.45, 2.75) is 32.5 Å². The number of halogens is 1. The van der Waals surface area contributed by atoms with E-state index in [1.807, 2.05) is 24.3 Å². The summed E-state index contributed by atoms with van der Waals surface area (Å²) in [6.07, 6.45) is 0.357. The Morgan fingerprint density at radius 3 is 2.33 bits per heavy atom. The van der Waals surface area contributed by atoms with Crippen molar-refractivity contribution >= 4 is 22.1 Å². The van der Waals surface area contributed by atoms with Gasteiger partial charge in [-0.3, -0.25) is 0 Å². The van der Waals surface area contributed by atoms with Crippen LogP contribution in [0.15, 0.2) is 41.4 Å². The van der Waals surface area contributed by atoms with Crippen molar-refractivity contribution in [1.82, 2.24) is 0 Å². The van der Waals surface area contributed by atoms with Gasteiger partial charge in [0, 0.05) is 4.47 Å². The molecule has 1 aromatic rings. The van der Waals surface area contributed by atoms with Gasteiger partial charge in [-0.15, -0.1) is 0 Å². The molecule has 0 radical (unpaired) electrons. The van der Waals surface area contributed by atoms with E-state index in [2.05, 4.69) is 22.5 Å². The average Bonchev–Trinajstić information content (AvgIpc) is 2.25. The lowest BCUT2D eigenvalue weighted by Gasteiger charge is -2.21. The largest absolute Gasteiger partial charge is 0.509 e. The molecule has 98 valence electrons. The Balaban J connectivity index is 2.71. The van der Waals surface area contributed by atoms with Crippen molar-refractivity contribution in [2.75, 3.05) is 0 Å². The molecule has 0 saturated heterocycles. The number of benzene rings is 1. The number of carbonyl (C=O) groups is 1. The van der Waals surface area contributed by atoms with Crippen LogP contribution in [-0.4, -0.2) is 11.8 Å². The van der Waals surface area contributed by atoms with E-state index in [-0.39, 0.29) is 0 Å². The molecule has 0 bridgehead atoms. The van der Waals surface area contributed by atoms with Crippen LogP contribution in [0.25, 0.3) is 0 Å². The van der Waals surface area contributed by atoms with Gasteiger partial charge in [0.2, 0.25) is 0 Å². The van der Waals surface area contributed by atoms with E-state index in [1.165, 1.54) is 0 Å². The molecule has 3 nitrogen and oxygen atoms in total. The molecular weight excluding hydrogens is 296 g/mol. The summed E-state index contributed by atoms with van der Waals surface area (Å²) in [4.78, 5) is 11.6. The van der Waals surface area contributed by atoms with Crippen LogP contribution in [0, 0.1) is 0 Å². The molecule has 0 N–H and O–H groups in total. The number of ether oxygens (including phenoxy) is 2. The molecule has 0 aliphatic rings. The zero-order valence-electron chi connectivity index (χ0n) is 10.8. The van der Waals surface area contributed by atoms with E-state index in [4.69, 9.17) is 9.47 Å². The quantitative estimate of drug-likeness (QED) is 0.603. The van der Waals surface area contributed by atoms with Gasteiger partial charge in [0.05, 0.1) is 0 Å². The Hall–Kier alpha value is -1.29. The number of hydrogen-bond donors (Lipinski definition) is 0. The highest BCUT2D eigenvalue weighted by atomic mass is 79.9. The van der Waals surface area contributed by atoms with Crippen LogP contribution >= 0.6 is 15.9 Å². The molecule has 1 unspecified atom stereocenters. The first-order valence-electron chi connectivity index (χ1n) is 5.59. The van der Waals surface area contributed by atoms with Gasteiger partial charge >= 0.3 is 6.16 Å². The van der Waals surface area contributed by atoms with Crippen molar-refractivity contribution in [1.29, 1.82) is 0 Å². The molecule has 0 aromatic heterocycles. The fourth-order valence-corrected chi connectivity index (χ4v) is 1.55. The molecule has 1 atom stereocenters. The minimum absolute atomic E-state index is 0.507. The second kappa shape index (κ2) is 6.05. The Kier molecular flexibility index (Phi) is 4.96. The summed E-state index contributed by atoms with van der Waals surface area (Å²) in [6, 6.07) is 7.48. The standard InChI is InChI=1S/C14H17BrO3/c1-5-12(10-6-8-11(15)9-7-10)17-13(16)18-14(2,3)4/h5-9,12H,1H2,2-4H3. The lowest BCUT2D eigenvalue weighted by molar-refractivity contribution is -0.0188. The van der Waals surface area contributed by atoms with Gasteiger partial charge in [0.25, 0.3) is 0 Å². The maximum atomic E-state index is 11.6. The van der Waals surface area contributed by atoms with Crippen molar-refractivity contribution in [3.63, 3.8) is 0 Å². The minimum atomic E-state index is -0.699. The summed E-state index contributed by atoms with van der Waals surface area (Å²) in [6.45, 7) is 9.03. The summed E-state index contributed by atoms with van der Waals surface area (Å²) in [5, 5.41) is 0. The lowest BCUT2D eigenvalue weighted by Crippen LogP contribution is -2.25. The number of carbonyl (C=O) groups excluding carboxylic acids is 1. The van der Waals surface area contributed by atoms with E-state index >= 15 is 0 Å². The zero-order chi connectivity index (χ0) is 13.8. The van der Waals surface area contributed by atoms with E-state index in [0.717, 1.165) is 10.0 Å². The second-order valence-corrected chi connectivity index (χ2v) is 5.71. The molecule has 18 heavy (non-hydrogen) atoms. The monoisotopic (exact) mass is 312 g/mol. The first-order chi connectivity index (χ1) is 8.31. The number of rotatable bonds is 3. The molecule has 0 spiro atoms. The van der Waals surface area contributed by atoms with Crippen molar-refractivity contribution < 1.29 is 14.3 Å². The van der Waals surface area contributed by atoms with E-state index in [9.17, 15) is 4.79 Å². The molecule has 0 aliphatic heterocycles. The molecule has 1 aromatic carbocycles. The van der Waals surface area contributed by atoms with Gasteiger partial charge in [-0.25, -0.2) is 4.79 Å². The Morgan fingerprint density at radius 2 is 1.89 bits per heavy atom. The SMILES string of the molecule is C=CC(OC(=O)OC(C)(C)C)c1ccc(Br)cc1. The van der Waals surface area contributed by atoms with Crippen LogP contribution < -0.4 is 0 Å². The first kappa shape index (κ1) is 14.8. The van der Waals surface area contributed by atoms with Crippen LogP contribution in [0.2, 0.25) is 0 Å². The highest BCUT2D eigenvalue weighted by Crippen LogP contribution is 2.22. The predicted octanol–water partition coefficient (Wildman–Crippen LogP) is 4.63. The summed E-state index contributed by atoms with van der Waals surface area (Å²) in [5.41, 5.74) is 0.279. The van der Waals surface area contributed by atoms with Crippen LogP contribution in [0.5, 0.6) is 0 Å². The van der Waals surface area contributed by atoms with Gasteiger partial charge in [0.1, 0.15) is 11.7 Å². The molecule has 0 saturated carbocycles. The fourth-order valence-electron chi connectivity index (χ4n) is 1.28. The highest BCUT2D eigenvalue weighted by molar-refractivity contribution is 9.10. The van der Waals surface area contributed by atoms with Crippen LogP contribution in [0.3, 0.4) is 0 Å². The van der Waals surface area contributed by atoms with Crippen LogP contribution in [0.1, 0.15) is 32.4 Å². The first-order valence-corrected chi connectivity index (χ1v) is 6.39. The van der Waals surface area contributed by atoms with Crippen molar-refractivity contribution in [3.8, 4) is 0 Å². The van der Waals surface area contributed by atoms with E-state index < -0.39 is 17.9 Å². The van der Waals surface area contributed by atoms with E-state index in [1.54, 1.807) is 26.8 Å². The van der Waals surface area contributed by atoms with Gasteiger partial charge < -0.3 is 9.47 Å². The zero-order valence-corrected chi connectivity index (χ0v) is 12.4. The normalized spacial score (nSPS) is 12.7. The lowest BCUT2D eigenvalue weighted by atomic mass is 10.1.